The number of nitrogens with one attached hydrogen (secondary N) is 1. The Morgan fingerprint density at radius 1 is 1.35 bits per heavy atom. The second-order valence-corrected chi connectivity index (χ2v) is 6.85. The smallest absolute Gasteiger partial charge is 0.253 e. The zero-order chi connectivity index (χ0) is 14.9. The van der Waals surface area contributed by atoms with E-state index in [1.54, 1.807) is 26.2 Å². The predicted octanol–water partition coefficient (Wildman–Crippen LogP) is 1.30. The fourth-order valence-corrected chi connectivity index (χ4v) is 2.23. The highest BCUT2D eigenvalue weighted by Gasteiger charge is 2.25. The lowest BCUT2D eigenvalue weighted by atomic mass is 10.1. The lowest BCUT2D eigenvalue weighted by Gasteiger charge is -2.15. The van der Waals surface area contributed by atoms with Gasteiger partial charge in [0.15, 0.2) is 0 Å². The monoisotopic (exact) mass is 298 g/mol. The molecule has 110 valence electrons. The van der Waals surface area contributed by atoms with E-state index >= 15 is 0 Å². The van der Waals surface area contributed by atoms with Crippen LogP contribution >= 0.6 is 0 Å². The number of anilines is 1. The molecular formula is C13H18N2O4S. The molecule has 0 radical (unpaired) electrons. The van der Waals surface area contributed by atoms with E-state index in [9.17, 15) is 13.2 Å². The molecule has 0 heterocycles. The average molecular weight is 298 g/mol. The molecular weight excluding hydrogens is 280 g/mol. The molecule has 6 nitrogen and oxygen atoms in total. The Balaban J connectivity index is 2.35. The van der Waals surface area contributed by atoms with Crippen molar-refractivity contribution in [1.29, 1.82) is 0 Å². The average Bonchev–Trinajstić information content (AvgIpc) is 3.12. The van der Waals surface area contributed by atoms with Crippen LogP contribution in [0.15, 0.2) is 18.2 Å². The van der Waals surface area contributed by atoms with Crippen molar-refractivity contribution >= 4 is 21.6 Å². The van der Waals surface area contributed by atoms with Gasteiger partial charge < -0.3 is 9.64 Å². The van der Waals surface area contributed by atoms with E-state index < -0.39 is 10.0 Å². The van der Waals surface area contributed by atoms with Crippen molar-refractivity contribution < 1.29 is 17.9 Å². The number of amides is 1. The van der Waals surface area contributed by atoms with E-state index in [0.29, 0.717) is 17.0 Å². The van der Waals surface area contributed by atoms with Gasteiger partial charge in [0.05, 0.1) is 18.0 Å². The minimum Gasteiger partial charge on any atom is -0.488 e. The van der Waals surface area contributed by atoms with E-state index in [1.165, 1.54) is 11.0 Å². The molecule has 1 aromatic carbocycles. The fraction of sp³-hybridized carbons (Fsp3) is 0.462. The van der Waals surface area contributed by atoms with E-state index in [4.69, 9.17) is 4.74 Å². The first-order valence-corrected chi connectivity index (χ1v) is 8.15. The summed E-state index contributed by atoms with van der Waals surface area (Å²) in [5.41, 5.74) is 0.705. The van der Waals surface area contributed by atoms with E-state index in [-0.39, 0.29) is 12.0 Å². The van der Waals surface area contributed by atoms with Crippen molar-refractivity contribution in [2.75, 3.05) is 25.1 Å². The summed E-state index contributed by atoms with van der Waals surface area (Å²) in [7, 11) is -0.154. The van der Waals surface area contributed by atoms with Gasteiger partial charge in [-0.3, -0.25) is 9.52 Å². The Morgan fingerprint density at radius 2 is 2.00 bits per heavy atom. The molecule has 0 spiro atoms. The third-order valence-electron chi connectivity index (χ3n) is 2.75. The summed E-state index contributed by atoms with van der Waals surface area (Å²) in [6.07, 6.45) is 3.15. The third-order valence-corrected chi connectivity index (χ3v) is 3.34. The molecule has 0 aromatic heterocycles. The van der Waals surface area contributed by atoms with Gasteiger partial charge in [-0.05, 0) is 31.0 Å². The van der Waals surface area contributed by atoms with Crippen molar-refractivity contribution in [1.82, 2.24) is 4.90 Å². The maximum Gasteiger partial charge on any atom is 0.253 e. The maximum atomic E-state index is 11.9. The third kappa shape index (κ3) is 3.86. The van der Waals surface area contributed by atoms with Crippen LogP contribution in [0.2, 0.25) is 0 Å². The highest BCUT2D eigenvalue weighted by atomic mass is 32.2. The van der Waals surface area contributed by atoms with Gasteiger partial charge in [-0.1, -0.05) is 0 Å². The number of benzene rings is 1. The first-order valence-electron chi connectivity index (χ1n) is 6.26. The molecule has 7 heteroatoms. The zero-order valence-electron chi connectivity index (χ0n) is 11.7. The number of hydrogen-bond acceptors (Lipinski definition) is 4. The standard InChI is InChI=1S/C13H18N2O4S/c1-15(2)13(16)9-4-7-12(19-10-5-6-10)11(8-9)14-20(3,17)18/h4,7-8,10,14H,5-6H2,1-3H3. The Labute approximate surface area is 118 Å². The van der Waals surface area contributed by atoms with Crippen LogP contribution in [0.5, 0.6) is 5.75 Å². The topological polar surface area (TPSA) is 75.7 Å². The first-order chi connectivity index (χ1) is 9.26. The quantitative estimate of drug-likeness (QED) is 0.889. The van der Waals surface area contributed by atoms with E-state index in [0.717, 1.165) is 19.1 Å². The van der Waals surface area contributed by atoms with Crippen molar-refractivity contribution in [3.05, 3.63) is 23.8 Å². The van der Waals surface area contributed by atoms with Crippen LogP contribution in [0.3, 0.4) is 0 Å². The Bertz CT molecular complexity index is 621. The van der Waals surface area contributed by atoms with Crippen LogP contribution in [0.4, 0.5) is 5.69 Å². The minimum atomic E-state index is -3.43. The normalized spacial score (nSPS) is 14.8. The molecule has 1 N–H and O–H groups in total. The second kappa shape index (κ2) is 5.32. The first kappa shape index (κ1) is 14.6. The van der Waals surface area contributed by atoms with Gasteiger partial charge in [-0.15, -0.1) is 0 Å². The van der Waals surface area contributed by atoms with Gasteiger partial charge >= 0.3 is 0 Å². The molecule has 0 unspecified atom stereocenters. The number of ether oxygens (including phenoxy) is 1. The molecule has 1 aromatic rings. The van der Waals surface area contributed by atoms with Crippen LogP contribution in [0.25, 0.3) is 0 Å². The molecule has 0 saturated heterocycles. The molecule has 1 aliphatic carbocycles. The van der Waals surface area contributed by atoms with Crippen molar-refractivity contribution in [2.24, 2.45) is 0 Å². The lowest BCUT2D eigenvalue weighted by Crippen LogP contribution is -2.22. The summed E-state index contributed by atoms with van der Waals surface area (Å²) in [4.78, 5) is 13.3. The van der Waals surface area contributed by atoms with Gasteiger partial charge in [0.2, 0.25) is 10.0 Å². The lowest BCUT2D eigenvalue weighted by molar-refractivity contribution is 0.0827. The van der Waals surface area contributed by atoms with Crippen LogP contribution in [0.1, 0.15) is 23.2 Å². The zero-order valence-corrected chi connectivity index (χ0v) is 12.5. The van der Waals surface area contributed by atoms with Gasteiger partial charge in [0, 0.05) is 19.7 Å². The second-order valence-electron chi connectivity index (χ2n) is 5.10. The number of sulfonamides is 1. The Morgan fingerprint density at radius 3 is 2.50 bits per heavy atom. The SMILES string of the molecule is CN(C)C(=O)c1ccc(OC2CC2)c(NS(C)(=O)=O)c1. The van der Waals surface area contributed by atoms with Crippen molar-refractivity contribution in [2.45, 2.75) is 18.9 Å². The largest absolute Gasteiger partial charge is 0.488 e. The van der Waals surface area contributed by atoms with Crippen LogP contribution < -0.4 is 9.46 Å². The fourth-order valence-electron chi connectivity index (χ4n) is 1.67. The highest BCUT2D eigenvalue weighted by molar-refractivity contribution is 7.92. The highest BCUT2D eigenvalue weighted by Crippen LogP contribution is 2.33. The maximum absolute atomic E-state index is 11.9. The van der Waals surface area contributed by atoms with Gasteiger partial charge in [-0.2, -0.15) is 0 Å². The summed E-state index contributed by atoms with van der Waals surface area (Å²) >= 11 is 0. The number of nitrogens with zero attached hydrogens (tertiary/aromatic N) is 1. The van der Waals surface area contributed by atoms with Crippen molar-refractivity contribution in [3.63, 3.8) is 0 Å². The molecule has 1 fully saturated rings. The number of carbonyl (C=O) groups excluding carboxylic acids is 1. The summed E-state index contributed by atoms with van der Waals surface area (Å²) in [5, 5.41) is 0. The van der Waals surface area contributed by atoms with Crippen LogP contribution in [0, 0.1) is 0 Å². The van der Waals surface area contributed by atoms with Crippen molar-refractivity contribution in [3.8, 4) is 5.75 Å². The Hall–Kier alpha value is -1.76. The molecule has 0 atom stereocenters. The molecule has 1 amide bonds. The van der Waals surface area contributed by atoms with Crippen LogP contribution in [-0.4, -0.2) is 45.7 Å². The molecule has 1 saturated carbocycles. The summed E-state index contributed by atoms with van der Waals surface area (Å²) < 4.78 is 30.9. The van der Waals surface area contributed by atoms with E-state index in [2.05, 4.69) is 4.72 Å². The number of rotatable bonds is 5. The predicted molar refractivity (Wildman–Crippen MR) is 76.6 cm³/mol. The van der Waals surface area contributed by atoms with Gasteiger partial charge in [0.25, 0.3) is 5.91 Å². The Kier molecular flexibility index (Phi) is 3.89. The molecule has 1 aliphatic rings. The summed E-state index contributed by atoms with van der Waals surface area (Å²) in [5.74, 6) is 0.257. The summed E-state index contributed by atoms with van der Waals surface area (Å²) in [6, 6.07) is 4.76. The number of carbonyl (C=O) groups is 1. The summed E-state index contributed by atoms with van der Waals surface area (Å²) in [6.45, 7) is 0. The van der Waals surface area contributed by atoms with Gasteiger partial charge in [0.1, 0.15) is 5.75 Å². The molecule has 0 aliphatic heterocycles. The molecule has 0 bridgehead atoms. The van der Waals surface area contributed by atoms with E-state index in [1.807, 2.05) is 0 Å². The molecule has 2 rings (SSSR count). The minimum absolute atomic E-state index is 0.144. The molecule has 20 heavy (non-hydrogen) atoms. The van der Waals surface area contributed by atoms with Gasteiger partial charge in [-0.25, -0.2) is 8.42 Å². The number of hydrogen-bond donors (Lipinski definition) is 1. The van der Waals surface area contributed by atoms with Crippen LogP contribution in [-0.2, 0) is 10.0 Å².